The Hall–Kier alpha value is -17.5. The maximum absolute atomic E-state index is 13.8. The number of carbonyl (C=O) groups excluding carboxylic acids is 1. The number of alkyl halides is 6. The summed E-state index contributed by atoms with van der Waals surface area (Å²) in [6, 6.07) is 83.3. The standard InChI is InChI=1S/C28H18N4O.C24H15F3N4O2.C24H19N5O7S.C23H14Cl2F3N3O2/c29-18-19-7-6-10-23(17-19)27-30-26(31-28(32-27)24-11-4-5-12-25(24)33)22-15-13-21(14-16-22)20-8-2-1-3-9-20;1-33-16-8-10-18(20(32)12-16)23-30-21(15-5-3-2-4-6-15)29-22(31-23)17-9-7-14(13-28)11-19(17)24(25,26)27;1-36-14-8-9-15(18(30)12-14)23-26-22(13-6-4-3-5-7-13)27-24(28-23)16-10-11-17(21(25)31)20(37(2,34)35)19(16)29(32)33;1-33-14-7-8-15(18(32)11-14)22-30-20(12-5-3-2-4-6-12)29-21(31-22)13-9-16(24)19(17(25)10-13)23(26,27)28/h1-17,33H;2-12,32H,1H3;3-12,30H,1-2H3,(H2,25,31);2-11,32H,1H3. The van der Waals surface area contributed by atoms with Crippen LogP contribution in [0.3, 0.4) is 0 Å². The third-order valence-corrected chi connectivity index (χ3v) is 21.8. The van der Waals surface area contributed by atoms with Crippen molar-refractivity contribution < 1.29 is 79.1 Å². The molecule has 0 radical (unpaired) electrons. The summed E-state index contributed by atoms with van der Waals surface area (Å²) in [5.74, 6) is 0.873. The van der Waals surface area contributed by atoms with E-state index in [0.29, 0.717) is 68.1 Å². The van der Waals surface area contributed by atoms with Gasteiger partial charge in [-0.05, 0) is 114 Å². The molecule has 0 aliphatic carbocycles. The fourth-order valence-electron chi connectivity index (χ4n) is 13.6. The van der Waals surface area contributed by atoms with E-state index in [1.54, 1.807) is 152 Å². The number of nitrogens with two attached hydrogens (primary N) is 1. The van der Waals surface area contributed by atoms with Crippen molar-refractivity contribution in [2.24, 2.45) is 5.73 Å². The van der Waals surface area contributed by atoms with Crippen LogP contribution in [-0.2, 0) is 22.2 Å². The van der Waals surface area contributed by atoms with E-state index in [9.17, 15) is 75.4 Å². The van der Waals surface area contributed by atoms with Crippen LogP contribution in [0.25, 0.3) is 148 Å². The molecule has 0 aliphatic heterocycles. The van der Waals surface area contributed by atoms with E-state index < -0.39 is 70.3 Å². The molecule has 0 bridgehead atoms. The molecule has 0 saturated carbocycles. The average molecular weight is 1890 g/mol. The molecule has 676 valence electrons. The predicted octanol–water partition coefficient (Wildman–Crippen LogP) is 21.5. The maximum Gasteiger partial charge on any atom is 0.419 e. The highest BCUT2D eigenvalue weighted by atomic mass is 35.5. The first-order valence-corrected chi connectivity index (χ1v) is 42.6. The Kier molecular flexibility index (Phi) is 28.4. The number of sulfone groups is 1. The molecular formula is C99H66Cl2F6N16O12S. The van der Waals surface area contributed by atoms with E-state index in [1.165, 1.54) is 57.7 Å². The first kappa shape index (κ1) is 94.6. The number of primary amides is 1. The molecule has 13 aromatic carbocycles. The number of para-hydroxylation sites is 1. The second-order valence-electron chi connectivity index (χ2n) is 29.0. The minimum Gasteiger partial charge on any atom is -0.507 e. The summed E-state index contributed by atoms with van der Waals surface area (Å²) in [5.41, 5.74) is 8.24. The summed E-state index contributed by atoms with van der Waals surface area (Å²) in [7, 11) is 0.0331. The minimum atomic E-state index is -4.75. The van der Waals surface area contributed by atoms with E-state index in [2.05, 4.69) is 73.0 Å². The van der Waals surface area contributed by atoms with E-state index >= 15 is 0 Å². The number of methoxy groups -OCH3 is 3. The lowest BCUT2D eigenvalue weighted by molar-refractivity contribution is -0.387. The molecule has 0 atom stereocenters. The van der Waals surface area contributed by atoms with Crippen molar-refractivity contribution in [2.45, 2.75) is 17.2 Å². The van der Waals surface area contributed by atoms with E-state index in [1.807, 2.05) is 60.7 Å². The Bertz CT molecular complexity index is 7610. The van der Waals surface area contributed by atoms with Crippen molar-refractivity contribution in [3.05, 3.63) is 339 Å². The number of halogens is 8. The van der Waals surface area contributed by atoms with E-state index in [4.69, 9.17) is 53.4 Å². The zero-order chi connectivity index (χ0) is 96.9. The molecule has 0 aliphatic rings. The number of nitriles is 2. The van der Waals surface area contributed by atoms with Crippen LogP contribution in [0.1, 0.15) is 32.6 Å². The van der Waals surface area contributed by atoms with Gasteiger partial charge < -0.3 is 40.4 Å². The Morgan fingerprint density at radius 2 is 0.684 bits per heavy atom. The lowest BCUT2D eigenvalue weighted by atomic mass is 10.0. The molecule has 6 N–H and O–H groups in total. The zero-order valence-corrected chi connectivity index (χ0v) is 73.3. The molecular weight excluding hydrogens is 1820 g/mol. The number of nitro groups is 1. The van der Waals surface area contributed by atoms with Crippen LogP contribution in [0.5, 0.6) is 40.2 Å². The number of aromatic hydroxyl groups is 4. The Morgan fingerprint density at radius 1 is 0.368 bits per heavy atom. The van der Waals surface area contributed by atoms with Gasteiger partial charge in [-0.1, -0.05) is 193 Å². The zero-order valence-electron chi connectivity index (χ0n) is 71.0. The van der Waals surface area contributed by atoms with Crippen molar-refractivity contribution in [1.29, 1.82) is 10.5 Å². The van der Waals surface area contributed by atoms with Crippen molar-refractivity contribution in [1.82, 2.24) is 59.8 Å². The maximum atomic E-state index is 13.8. The van der Waals surface area contributed by atoms with Crippen LogP contribution in [0.15, 0.2) is 296 Å². The third-order valence-electron chi connectivity index (χ3n) is 20.1. The number of phenols is 4. The summed E-state index contributed by atoms with van der Waals surface area (Å²) in [5, 5.41) is 71.2. The summed E-state index contributed by atoms with van der Waals surface area (Å²) in [6.07, 6.45) is -8.74. The number of carbonyl (C=O) groups is 1. The number of benzene rings is 13. The lowest BCUT2D eigenvalue weighted by Gasteiger charge is -2.14. The first-order chi connectivity index (χ1) is 65.2. The van der Waals surface area contributed by atoms with Gasteiger partial charge >= 0.3 is 12.4 Å². The highest BCUT2D eigenvalue weighted by Crippen LogP contribution is 2.46. The molecule has 17 aromatic rings. The molecule has 37 heteroatoms. The number of hydrogen-bond donors (Lipinski definition) is 5. The number of hydrogen-bond acceptors (Lipinski definition) is 26. The van der Waals surface area contributed by atoms with E-state index in [0.717, 1.165) is 59.3 Å². The summed E-state index contributed by atoms with van der Waals surface area (Å²) < 4.78 is 122. The van der Waals surface area contributed by atoms with Gasteiger partial charge in [-0.2, -0.15) is 36.9 Å². The predicted molar refractivity (Wildman–Crippen MR) is 494 cm³/mol. The van der Waals surface area contributed by atoms with Crippen LogP contribution in [0, 0.1) is 32.8 Å². The molecule has 136 heavy (non-hydrogen) atoms. The molecule has 0 fully saturated rings. The number of rotatable bonds is 19. The number of ether oxygens (including phenoxy) is 3. The molecule has 1 amide bonds. The van der Waals surface area contributed by atoms with Crippen molar-refractivity contribution in [3.63, 3.8) is 0 Å². The fraction of sp³-hybridized carbons (Fsp3) is 0.0606. The summed E-state index contributed by atoms with van der Waals surface area (Å²) >= 11 is 11.8. The molecule has 4 heterocycles. The van der Waals surface area contributed by atoms with Gasteiger partial charge in [-0.3, -0.25) is 14.9 Å². The smallest absolute Gasteiger partial charge is 0.419 e. The van der Waals surface area contributed by atoms with Gasteiger partial charge in [0.15, 0.2) is 84.6 Å². The molecule has 4 aromatic heterocycles. The van der Waals surface area contributed by atoms with Gasteiger partial charge in [-0.25, -0.2) is 68.2 Å². The van der Waals surface area contributed by atoms with Gasteiger partial charge in [0, 0.05) is 63.4 Å². The number of amides is 1. The van der Waals surface area contributed by atoms with Crippen molar-refractivity contribution in [2.75, 3.05) is 27.6 Å². The van der Waals surface area contributed by atoms with Crippen molar-refractivity contribution in [3.8, 4) is 200 Å². The number of aromatic nitrogens is 12. The normalized spacial score (nSPS) is 11.1. The van der Waals surface area contributed by atoms with E-state index in [-0.39, 0.29) is 114 Å². The lowest BCUT2D eigenvalue weighted by Crippen LogP contribution is -2.18. The highest BCUT2D eigenvalue weighted by Gasteiger charge is 2.39. The second kappa shape index (κ2) is 40.9. The highest BCUT2D eigenvalue weighted by molar-refractivity contribution is 7.91. The second-order valence-corrected chi connectivity index (χ2v) is 31.8. The molecule has 28 nitrogen and oxygen atoms in total. The van der Waals surface area contributed by atoms with Crippen LogP contribution in [0.2, 0.25) is 10.0 Å². The van der Waals surface area contributed by atoms with Crippen LogP contribution >= 0.6 is 23.2 Å². The minimum absolute atomic E-state index is 0.0171. The van der Waals surface area contributed by atoms with Gasteiger partial charge in [0.05, 0.1) is 104 Å². The molecule has 0 spiro atoms. The van der Waals surface area contributed by atoms with Gasteiger partial charge in [0.2, 0.25) is 5.91 Å². The number of phenolic OH excluding ortho intramolecular Hbond substituents is 4. The Balaban J connectivity index is 0.000000145. The molecule has 0 unspecified atom stereocenters. The molecule has 17 rings (SSSR count). The van der Waals surface area contributed by atoms with Crippen LogP contribution < -0.4 is 19.9 Å². The number of nitro benzene ring substituents is 1. The first-order valence-electron chi connectivity index (χ1n) is 40.0. The van der Waals surface area contributed by atoms with Crippen LogP contribution in [0.4, 0.5) is 32.0 Å². The third kappa shape index (κ3) is 21.9. The van der Waals surface area contributed by atoms with Crippen molar-refractivity contribution >= 4 is 44.6 Å². The van der Waals surface area contributed by atoms with Gasteiger partial charge in [-0.15, -0.1) is 0 Å². The average Bonchev–Trinajstić information content (AvgIpc) is 0.738. The van der Waals surface area contributed by atoms with Crippen LogP contribution in [-0.4, -0.2) is 127 Å². The van der Waals surface area contributed by atoms with Gasteiger partial charge in [0.1, 0.15) is 40.2 Å². The summed E-state index contributed by atoms with van der Waals surface area (Å²) in [4.78, 5) is 75.5. The topological polar surface area (TPSA) is 431 Å². The SMILES string of the molecule is COc1ccc(-c2nc(-c3ccccc3)nc(-c3cc(Cl)c(C(F)(F)F)c(Cl)c3)n2)c(O)c1.COc1ccc(-c2nc(-c3ccccc3)nc(-c3ccc(C#N)cc3C(F)(F)F)n2)c(O)c1.COc1ccc(-c2nc(-c3ccccc3)nc(-c3ccc(C(N)=O)c(S(C)(=O)=O)c3[N+](=O)[O-])n2)c(O)c1.N#Cc1cccc(-c2nc(-c3ccc(-c4ccccc4)cc3)nc(-c3ccccc3O)n2)c1. The quantitative estimate of drug-likeness (QED) is 0.0285. The Morgan fingerprint density at radius 3 is 1.06 bits per heavy atom. The summed E-state index contributed by atoms with van der Waals surface area (Å²) in [6.45, 7) is 0. The van der Waals surface area contributed by atoms with Gasteiger partial charge in [0.25, 0.3) is 5.69 Å². The largest absolute Gasteiger partial charge is 0.507 e. The number of nitrogens with zero attached hydrogens (tertiary/aromatic N) is 15. The Labute approximate surface area is 779 Å². The molecule has 0 saturated heterocycles. The monoisotopic (exact) mass is 1890 g/mol. The fourth-order valence-corrected chi connectivity index (χ4v) is 15.4.